The molecule has 0 saturated heterocycles. The summed E-state index contributed by atoms with van der Waals surface area (Å²) in [6, 6.07) is 1.77. The van der Waals surface area contributed by atoms with Crippen molar-refractivity contribution < 1.29 is 19.5 Å². The zero-order chi connectivity index (χ0) is 19.6. The van der Waals surface area contributed by atoms with E-state index in [-0.39, 0.29) is 18.6 Å². The van der Waals surface area contributed by atoms with Gasteiger partial charge in [-0.15, -0.1) is 5.48 Å². The van der Waals surface area contributed by atoms with Gasteiger partial charge in [-0.05, 0) is 38.8 Å². The van der Waals surface area contributed by atoms with Crippen molar-refractivity contribution in [3.05, 3.63) is 34.6 Å². The maximum Gasteiger partial charge on any atom is 0.410 e. The summed E-state index contributed by atoms with van der Waals surface area (Å²) in [5, 5.41) is 9.54. The molecule has 9 heteroatoms. The zero-order valence-corrected chi connectivity index (χ0v) is 16.3. The minimum absolute atomic E-state index is 0.220. The predicted octanol–water partition coefficient (Wildman–Crippen LogP) is 2.68. The molecular weight excluding hydrogens is 372 g/mol. The molecule has 0 spiro atoms. The van der Waals surface area contributed by atoms with Gasteiger partial charge in [0.1, 0.15) is 12.2 Å². The highest BCUT2D eigenvalue weighted by Gasteiger charge is 2.25. The van der Waals surface area contributed by atoms with Crippen LogP contribution in [0.4, 0.5) is 4.79 Å². The molecule has 1 amide bonds. The van der Waals surface area contributed by atoms with Gasteiger partial charge in [-0.25, -0.2) is 9.79 Å². The van der Waals surface area contributed by atoms with Gasteiger partial charge in [0.2, 0.25) is 5.90 Å². The number of halogens is 1. The second-order valence-corrected chi connectivity index (χ2v) is 7.72. The van der Waals surface area contributed by atoms with Crippen molar-refractivity contribution in [2.24, 2.45) is 4.99 Å². The first-order valence-corrected chi connectivity index (χ1v) is 9.07. The smallest absolute Gasteiger partial charge is 0.410 e. The standard InChI is InChI=1S/C18H23ClN4O4/c1-18(2,3)26-17(25)23-6-4-11(5-7-23)15-13(19)8-12(9-20-15)16-21-14(10-24)27-22-16/h4,8-9,16,22,24H,5-7,10H2,1-3H3. The van der Waals surface area contributed by atoms with Gasteiger partial charge < -0.3 is 19.6 Å². The molecule has 0 saturated carbocycles. The van der Waals surface area contributed by atoms with E-state index in [0.29, 0.717) is 30.2 Å². The van der Waals surface area contributed by atoms with E-state index < -0.39 is 11.8 Å². The summed E-state index contributed by atoms with van der Waals surface area (Å²) >= 11 is 6.42. The number of amides is 1. The van der Waals surface area contributed by atoms with Crippen molar-refractivity contribution in [1.29, 1.82) is 0 Å². The number of nitrogens with zero attached hydrogens (tertiary/aromatic N) is 3. The number of pyridine rings is 1. The molecule has 2 N–H and O–H groups in total. The lowest BCUT2D eigenvalue weighted by molar-refractivity contribution is 0.0270. The zero-order valence-electron chi connectivity index (χ0n) is 15.5. The third-order valence-electron chi connectivity index (χ3n) is 4.04. The number of rotatable bonds is 3. The Morgan fingerprint density at radius 1 is 1.52 bits per heavy atom. The Morgan fingerprint density at radius 3 is 2.85 bits per heavy atom. The van der Waals surface area contributed by atoms with Crippen LogP contribution in [-0.4, -0.2) is 52.3 Å². The molecule has 0 fully saturated rings. The van der Waals surface area contributed by atoms with Crippen LogP contribution in [0.15, 0.2) is 23.3 Å². The largest absolute Gasteiger partial charge is 0.444 e. The molecule has 3 rings (SSSR count). The summed E-state index contributed by atoms with van der Waals surface area (Å²) in [5.74, 6) is 0.220. The molecule has 0 bridgehead atoms. The van der Waals surface area contributed by atoms with Crippen LogP contribution in [0.3, 0.4) is 0 Å². The van der Waals surface area contributed by atoms with Crippen molar-refractivity contribution in [3.8, 4) is 0 Å². The van der Waals surface area contributed by atoms with Crippen LogP contribution >= 0.6 is 11.6 Å². The van der Waals surface area contributed by atoms with Gasteiger partial charge in [0.25, 0.3) is 0 Å². The van der Waals surface area contributed by atoms with Gasteiger partial charge in [-0.1, -0.05) is 17.7 Å². The van der Waals surface area contributed by atoms with E-state index in [1.165, 1.54) is 0 Å². The average Bonchev–Trinajstić information content (AvgIpc) is 3.09. The van der Waals surface area contributed by atoms with Crippen LogP contribution in [0.2, 0.25) is 5.02 Å². The van der Waals surface area contributed by atoms with E-state index in [9.17, 15) is 4.79 Å². The molecule has 8 nitrogen and oxygen atoms in total. The number of aromatic nitrogens is 1. The van der Waals surface area contributed by atoms with Crippen LogP contribution in [0.5, 0.6) is 0 Å². The summed E-state index contributed by atoms with van der Waals surface area (Å²) in [7, 11) is 0. The fraction of sp³-hybridized carbons (Fsp3) is 0.500. The molecular formula is C18H23ClN4O4. The van der Waals surface area contributed by atoms with Crippen LogP contribution < -0.4 is 5.48 Å². The molecule has 0 aromatic carbocycles. The second-order valence-electron chi connectivity index (χ2n) is 7.31. The van der Waals surface area contributed by atoms with E-state index in [1.54, 1.807) is 17.2 Å². The summed E-state index contributed by atoms with van der Waals surface area (Å²) in [4.78, 5) is 27.5. The molecule has 2 aliphatic heterocycles. The quantitative estimate of drug-likeness (QED) is 0.818. The number of hydroxylamine groups is 1. The van der Waals surface area contributed by atoms with Gasteiger partial charge in [-0.2, -0.15) is 0 Å². The van der Waals surface area contributed by atoms with Crippen LogP contribution in [-0.2, 0) is 9.57 Å². The number of carbonyl (C=O) groups is 1. The monoisotopic (exact) mass is 394 g/mol. The third kappa shape index (κ3) is 4.77. The Labute approximate surface area is 162 Å². The van der Waals surface area contributed by atoms with Crippen LogP contribution in [0.25, 0.3) is 5.57 Å². The molecule has 2 aliphatic rings. The summed E-state index contributed by atoms with van der Waals surface area (Å²) < 4.78 is 5.40. The van der Waals surface area contributed by atoms with Crippen molar-refractivity contribution in [2.75, 3.05) is 19.7 Å². The Kier molecular flexibility index (Phi) is 5.69. The molecule has 146 valence electrons. The lowest BCUT2D eigenvalue weighted by Gasteiger charge is -2.29. The summed E-state index contributed by atoms with van der Waals surface area (Å²) in [6.45, 7) is 6.26. The van der Waals surface area contributed by atoms with Crippen LogP contribution in [0, 0.1) is 0 Å². The minimum atomic E-state index is -0.516. The normalized spacial score (nSPS) is 20.0. The number of hydrogen-bond donors (Lipinski definition) is 2. The van der Waals surface area contributed by atoms with E-state index in [0.717, 1.165) is 11.1 Å². The third-order valence-corrected chi connectivity index (χ3v) is 4.33. The molecule has 27 heavy (non-hydrogen) atoms. The van der Waals surface area contributed by atoms with Crippen LogP contribution in [0.1, 0.15) is 44.6 Å². The lowest BCUT2D eigenvalue weighted by atomic mass is 10.0. The molecule has 3 heterocycles. The van der Waals surface area contributed by atoms with Crippen molar-refractivity contribution in [3.63, 3.8) is 0 Å². The van der Waals surface area contributed by atoms with E-state index in [1.807, 2.05) is 26.8 Å². The average molecular weight is 395 g/mol. The minimum Gasteiger partial charge on any atom is -0.444 e. The highest BCUT2D eigenvalue weighted by atomic mass is 35.5. The number of aliphatic imine (C=N–C) groups is 1. The number of aliphatic hydroxyl groups is 1. The van der Waals surface area contributed by atoms with Gasteiger partial charge in [0.05, 0.1) is 10.7 Å². The van der Waals surface area contributed by atoms with Gasteiger partial charge in [-0.3, -0.25) is 4.98 Å². The maximum atomic E-state index is 12.2. The number of carbonyl (C=O) groups excluding carboxylic acids is 1. The molecule has 1 atom stereocenters. The number of ether oxygens (including phenoxy) is 1. The highest BCUT2D eigenvalue weighted by Crippen LogP contribution is 2.30. The number of nitrogens with one attached hydrogen (secondary N) is 1. The van der Waals surface area contributed by atoms with Crippen molar-refractivity contribution in [2.45, 2.75) is 39.0 Å². The van der Waals surface area contributed by atoms with Crippen molar-refractivity contribution in [1.82, 2.24) is 15.4 Å². The fourth-order valence-electron chi connectivity index (χ4n) is 2.75. The first-order chi connectivity index (χ1) is 12.8. The molecule has 1 unspecified atom stereocenters. The van der Waals surface area contributed by atoms with Gasteiger partial charge in [0, 0.05) is 24.8 Å². The Bertz CT molecular complexity index is 788. The Balaban J connectivity index is 1.69. The molecule has 1 aromatic rings. The number of hydrogen-bond acceptors (Lipinski definition) is 7. The summed E-state index contributed by atoms with van der Waals surface area (Å²) in [6.07, 6.45) is 3.49. The maximum absolute atomic E-state index is 12.2. The second kappa shape index (κ2) is 7.84. The van der Waals surface area contributed by atoms with E-state index in [4.69, 9.17) is 26.3 Å². The van der Waals surface area contributed by atoms with Crippen molar-refractivity contribution >= 4 is 29.2 Å². The highest BCUT2D eigenvalue weighted by molar-refractivity contribution is 6.32. The first kappa shape index (κ1) is 19.6. The van der Waals surface area contributed by atoms with Gasteiger partial charge in [0.15, 0.2) is 6.17 Å². The summed E-state index contributed by atoms with van der Waals surface area (Å²) in [5.41, 5.74) is 4.60. The number of aliphatic hydroxyl groups excluding tert-OH is 1. The Hall–Kier alpha value is -2.16. The molecule has 0 radical (unpaired) electrons. The predicted molar refractivity (Wildman–Crippen MR) is 101 cm³/mol. The SMILES string of the molecule is CC(C)(C)OC(=O)N1CC=C(c2ncc(C3N=C(CO)ON3)cc2Cl)CC1. The fourth-order valence-corrected chi connectivity index (χ4v) is 3.05. The van der Waals surface area contributed by atoms with E-state index in [2.05, 4.69) is 15.5 Å². The first-order valence-electron chi connectivity index (χ1n) is 8.69. The van der Waals surface area contributed by atoms with Gasteiger partial charge >= 0.3 is 6.09 Å². The van der Waals surface area contributed by atoms with E-state index >= 15 is 0 Å². The topological polar surface area (TPSA) is 96.3 Å². The molecule has 1 aromatic heterocycles. The lowest BCUT2D eigenvalue weighted by Crippen LogP contribution is -2.39. The Morgan fingerprint density at radius 2 is 2.30 bits per heavy atom. The molecule has 0 aliphatic carbocycles.